The number of hydrogen-bond acceptors (Lipinski definition) is 7. The zero-order chi connectivity index (χ0) is 22.5. The summed E-state index contributed by atoms with van der Waals surface area (Å²) in [5.41, 5.74) is 0.245. The molecule has 0 bridgehead atoms. The number of benzene rings is 1. The van der Waals surface area contributed by atoms with Gasteiger partial charge in [0.1, 0.15) is 11.6 Å². The summed E-state index contributed by atoms with van der Waals surface area (Å²) in [6.07, 6.45) is 5.62. The van der Waals surface area contributed by atoms with E-state index in [0.29, 0.717) is 0 Å². The number of carbonyl (C=O) groups is 3. The molecule has 0 spiro atoms. The number of carbonyl (C=O) groups excluding carboxylic acids is 3. The number of aromatic nitrogens is 3. The normalized spacial score (nSPS) is 17.5. The van der Waals surface area contributed by atoms with Crippen LogP contribution in [0.3, 0.4) is 0 Å². The van der Waals surface area contributed by atoms with Crippen LogP contribution in [0.4, 0.5) is 9.18 Å². The molecule has 4 rings (SSSR count). The lowest BCUT2D eigenvalue weighted by Gasteiger charge is -2.13. The van der Waals surface area contributed by atoms with Gasteiger partial charge in [-0.2, -0.15) is 0 Å². The fraction of sp³-hybridized carbons (Fsp3) is 0.381. The Balaban J connectivity index is 1.26. The van der Waals surface area contributed by atoms with E-state index in [1.807, 2.05) is 0 Å². The molecule has 32 heavy (non-hydrogen) atoms. The quantitative estimate of drug-likeness (QED) is 0.485. The fourth-order valence-corrected chi connectivity index (χ4v) is 5.15. The van der Waals surface area contributed by atoms with Gasteiger partial charge in [-0.15, -0.1) is 10.2 Å². The topological polar surface area (TPSA) is 97.2 Å². The highest BCUT2D eigenvalue weighted by Gasteiger charge is 2.34. The number of amides is 3. The fourth-order valence-electron chi connectivity index (χ4n) is 3.48. The van der Waals surface area contributed by atoms with Crippen molar-refractivity contribution in [2.75, 3.05) is 18.8 Å². The highest BCUT2D eigenvalue weighted by atomic mass is 32.2. The summed E-state index contributed by atoms with van der Waals surface area (Å²) in [6.45, 7) is 1.06. The molecule has 0 saturated carbocycles. The second kappa shape index (κ2) is 10.3. The van der Waals surface area contributed by atoms with Gasteiger partial charge in [-0.1, -0.05) is 36.4 Å². The van der Waals surface area contributed by atoms with Crippen molar-refractivity contribution in [2.24, 2.45) is 0 Å². The first kappa shape index (κ1) is 22.5. The van der Waals surface area contributed by atoms with Crippen molar-refractivity contribution in [3.63, 3.8) is 0 Å². The number of nitrogens with zero attached hydrogens (tertiary/aromatic N) is 4. The summed E-state index contributed by atoms with van der Waals surface area (Å²) >= 11 is 2.09. The zero-order valence-corrected chi connectivity index (χ0v) is 18.9. The van der Waals surface area contributed by atoms with Gasteiger partial charge in [0, 0.05) is 31.6 Å². The largest absolute Gasteiger partial charge is 0.354 e. The summed E-state index contributed by atoms with van der Waals surface area (Å²) < 4.78 is 15.9. The van der Waals surface area contributed by atoms with Crippen molar-refractivity contribution in [3.8, 4) is 0 Å². The van der Waals surface area contributed by atoms with Gasteiger partial charge in [0.25, 0.3) is 11.1 Å². The molecule has 3 heterocycles. The zero-order valence-electron chi connectivity index (χ0n) is 17.3. The predicted octanol–water partition coefficient (Wildman–Crippen LogP) is 3.09. The van der Waals surface area contributed by atoms with Gasteiger partial charge in [-0.25, -0.2) is 4.39 Å². The minimum Gasteiger partial charge on any atom is -0.354 e. The highest BCUT2D eigenvalue weighted by molar-refractivity contribution is 8.18. The first-order chi connectivity index (χ1) is 15.5. The molecule has 0 atom stereocenters. The molecule has 1 aromatic heterocycles. The minimum atomic E-state index is -0.488. The molecule has 0 radical (unpaired) electrons. The third-order valence-corrected chi connectivity index (χ3v) is 7.01. The van der Waals surface area contributed by atoms with E-state index < -0.39 is 17.0 Å². The molecule has 11 heteroatoms. The molecular weight excluding hydrogens is 453 g/mol. The van der Waals surface area contributed by atoms with Crippen LogP contribution in [-0.4, -0.2) is 55.6 Å². The maximum atomic E-state index is 13.8. The van der Waals surface area contributed by atoms with Crippen LogP contribution in [0, 0.1) is 5.82 Å². The predicted molar refractivity (Wildman–Crippen MR) is 120 cm³/mol. The SMILES string of the molecule is O=C(CSc1nnc2n1CCCCC2)NCCN1C(=O)S/C(=C\c2ccccc2F)C1=O. The highest BCUT2D eigenvalue weighted by Crippen LogP contribution is 2.32. The monoisotopic (exact) mass is 475 g/mol. The number of hydrogen-bond donors (Lipinski definition) is 1. The maximum Gasteiger partial charge on any atom is 0.293 e. The Labute approximate surface area is 193 Å². The van der Waals surface area contributed by atoms with Crippen LogP contribution in [0.15, 0.2) is 34.3 Å². The molecule has 8 nitrogen and oxygen atoms in total. The molecule has 1 saturated heterocycles. The lowest BCUT2D eigenvalue weighted by molar-refractivity contribution is -0.123. The van der Waals surface area contributed by atoms with Gasteiger partial charge in [0.15, 0.2) is 5.16 Å². The molecule has 168 valence electrons. The summed E-state index contributed by atoms with van der Waals surface area (Å²) in [5, 5.41) is 11.4. The Morgan fingerprint density at radius 2 is 2.06 bits per heavy atom. The number of aryl methyl sites for hydroxylation is 1. The van der Waals surface area contributed by atoms with Crippen molar-refractivity contribution in [3.05, 3.63) is 46.4 Å². The Morgan fingerprint density at radius 3 is 2.91 bits per heavy atom. The lowest BCUT2D eigenvalue weighted by atomic mass is 10.2. The molecular formula is C21H22FN5O3S2. The van der Waals surface area contributed by atoms with Crippen molar-refractivity contribution in [1.29, 1.82) is 0 Å². The van der Waals surface area contributed by atoms with Gasteiger partial charge in [-0.3, -0.25) is 19.3 Å². The second-order valence-electron chi connectivity index (χ2n) is 7.35. The molecule has 0 aliphatic carbocycles. The van der Waals surface area contributed by atoms with Crippen LogP contribution in [0.1, 0.15) is 30.7 Å². The Kier molecular flexibility index (Phi) is 7.26. The number of thioether (sulfide) groups is 2. The average molecular weight is 476 g/mol. The molecule has 1 aromatic carbocycles. The minimum absolute atomic E-state index is 0.0516. The second-order valence-corrected chi connectivity index (χ2v) is 9.29. The molecule has 0 unspecified atom stereocenters. The van der Waals surface area contributed by atoms with Crippen LogP contribution in [0.25, 0.3) is 6.08 Å². The van der Waals surface area contributed by atoms with Gasteiger partial charge < -0.3 is 9.88 Å². The van der Waals surface area contributed by atoms with E-state index in [0.717, 1.165) is 59.9 Å². The number of fused-ring (bicyclic) bond motifs is 1. The van der Waals surface area contributed by atoms with Crippen LogP contribution in [-0.2, 0) is 22.6 Å². The average Bonchev–Trinajstić information content (AvgIpc) is 3.17. The van der Waals surface area contributed by atoms with Gasteiger partial charge in [0.2, 0.25) is 5.91 Å². The van der Waals surface area contributed by atoms with Crippen LogP contribution < -0.4 is 5.32 Å². The van der Waals surface area contributed by atoms with Crippen molar-refractivity contribution in [2.45, 2.75) is 37.4 Å². The molecule has 1 N–H and O–H groups in total. The number of halogens is 1. The third-order valence-electron chi connectivity index (χ3n) is 5.13. The number of rotatable bonds is 7. The Morgan fingerprint density at radius 1 is 1.22 bits per heavy atom. The summed E-state index contributed by atoms with van der Waals surface area (Å²) in [5.74, 6) is -0.0255. The first-order valence-electron chi connectivity index (χ1n) is 10.3. The number of nitrogens with one attached hydrogen (secondary N) is 1. The smallest absolute Gasteiger partial charge is 0.293 e. The molecule has 3 amide bonds. The Bertz CT molecular complexity index is 1070. The van der Waals surface area contributed by atoms with Crippen molar-refractivity contribution >= 4 is 46.7 Å². The van der Waals surface area contributed by atoms with Crippen molar-refractivity contribution < 1.29 is 18.8 Å². The van der Waals surface area contributed by atoms with Crippen LogP contribution in [0.2, 0.25) is 0 Å². The van der Waals surface area contributed by atoms with E-state index in [1.165, 1.54) is 30.0 Å². The number of imide groups is 1. The van der Waals surface area contributed by atoms with E-state index >= 15 is 0 Å². The Hall–Kier alpha value is -2.66. The van der Waals surface area contributed by atoms with Crippen molar-refractivity contribution in [1.82, 2.24) is 25.0 Å². The van der Waals surface area contributed by atoms with Gasteiger partial charge >= 0.3 is 0 Å². The third kappa shape index (κ3) is 5.21. The van der Waals surface area contributed by atoms with E-state index in [2.05, 4.69) is 20.1 Å². The molecule has 2 aliphatic heterocycles. The van der Waals surface area contributed by atoms with Crippen LogP contribution in [0.5, 0.6) is 0 Å². The first-order valence-corrected chi connectivity index (χ1v) is 12.1. The van der Waals surface area contributed by atoms with E-state index in [4.69, 9.17) is 0 Å². The standard InChI is InChI=1S/C21H22FN5O3S2/c22-15-7-4-3-6-14(15)12-16-19(29)27(21(30)32-16)11-9-23-18(28)13-31-20-25-24-17-8-2-1-5-10-26(17)20/h3-4,6-7,12H,1-2,5,8-11,13H2,(H,23,28)/b16-12-. The molecule has 2 aliphatic rings. The summed E-state index contributed by atoms with van der Waals surface area (Å²) in [4.78, 5) is 38.1. The summed E-state index contributed by atoms with van der Waals surface area (Å²) in [6, 6.07) is 6.04. The van der Waals surface area contributed by atoms with Crippen LogP contribution >= 0.6 is 23.5 Å². The summed E-state index contributed by atoms with van der Waals surface area (Å²) in [7, 11) is 0. The maximum absolute atomic E-state index is 13.8. The lowest BCUT2D eigenvalue weighted by Crippen LogP contribution is -2.37. The van der Waals surface area contributed by atoms with Gasteiger partial charge in [-0.05, 0) is 36.7 Å². The van der Waals surface area contributed by atoms with E-state index in [1.54, 1.807) is 12.1 Å². The molecule has 1 fully saturated rings. The molecule has 2 aromatic rings. The van der Waals surface area contributed by atoms with E-state index in [-0.39, 0.29) is 35.2 Å². The van der Waals surface area contributed by atoms with E-state index in [9.17, 15) is 18.8 Å². The van der Waals surface area contributed by atoms with Gasteiger partial charge in [0.05, 0.1) is 10.7 Å².